The largest absolute Gasteiger partial charge is 0.311 e. The standard InChI is InChI=1S/C34H52BN.3C2H6.C2H2/c1-11-27(12-2)26(8)22-35-30-14-13-25(7)18-33(30,36-10)21-29-32(17-23(3)4)16-15-31(32,9)19-28-20-34(28,29)24(5)6;4*1-2/h11-12,18,28-30,35-36H,1,3,5,8,13-17,19-22H2,2,4,6-7,9-10H3;3*1-2H3;1-2H/b27-12+;;;;/t28?,29?,30?,31-,32-,33+,34?;;;;/m1..../s1. The third-order valence-electron chi connectivity index (χ3n) is 11.7. The summed E-state index contributed by atoms with van der Waals surface area (Å²) in [6.07, 6.45) is 26.2. The molecule has 0 spiro atoms. The molecule has 0 radical (unpaired) electrons. The van der Waals surface area contributed by atoms with Crippen LogP contribution in [0.4, 0.5) is 0 Å². The van der Waals surface area contributed by atoms with Crippen LogP contribution in [0.1, 0.15) is 128 Å². The molecule has 1 nitrogen and oxygen atoms in total. The van der Waals surface area contributed by atoms with Crippen LogP contribution in [0.2, 0.25) is 12.1 Å². The van der Waals surface area contributed by atoms with Crippen molar-refractivity contribution in [3.63, 3.8) is 0 Å². The van der Waals surface area contributed by atoms with Crippen molar-refractivity contribution in [2.24, 2.45) is 28.1 Å². The molecular formula is C42H72BN. The molecule has 0 aromatic rings. The second-order valence-corrected chi connectivity index (χ2v) is 13.6. The fourth-order valence-corrected chi connectivity index (χ4v) is 9.59. The second kappa shape index (κ2) is 18.2. The minimum Gasteiger partial charge on any atom is -0.311 e. The van der Waals surface area contributed by atoms with Gasteiger partial charge in [-0.25, -0.2) is 0 Å². The number of terminal acetylenes is 1. The zero-order chi connectivity index (χ0) is 34.5. The van der Waals surface area contributed by atoms with Crippen molar-refractivity contribution in [1.29, 1.82) is 0 Å². The fraction of sp³-hybridized carbons (Fsp3) is 0.667. The van der Waals surface area contributed by atoms with Crippen molar-refractivity contribution in [2.75, 3.05) is 7.05 Å². The Labute approximate surface area is 277 Å². The molecule has 4 aliphatic carbocycles. The first-order chi connectivity index (χ1) is 20.9. The van der Waals surface area contributed by atoms with Gasteiger partial charge < -0.3 is 5.32 Å². The lowest BCUT2D eigenvalue weighted by molar-refractivity contribution is -0.171. The summed E-state index contributed by atoms with van der Waals surface area (Å²) >= 11 is 0. The van der Waals surface area contributed by atoms with Gasteiger partial charge in [0.1, 0.15) is 7.28 Å². The van der Waals surface area contributed by atoms with E-state index in [2.05, 4.69) is 98.3 Å². The van der Waals surface area contributed by atoms with Gasteiger partial charge in [-0.05, 0) is 119 Å². The summed E-state index contributed by atoms with van der Waals surface area (Å²) in [6.45, 7) is 41.2. The summed E-state index contributed by atoms with van der Waals surface area (Å²) in [5.74, 6) is 2.10. The van der Waals surface area contributed by atoms with E-state index in [0.717, 1.165) is 12.2 Å². The summed E-state index contributed by atoms with van der Waals surface area (Å²) < 4.78 is 0. The van der Waals surface area contributed by atoms with Crippen LogP contribution in [0.25, 0.3) is 0 Å². The lowest BCUT2D eigenvalue weighted by Crippen LogP contribution is -2.62. The van der Waals surface area contributed by atoms with E-state index in [1.165, 1.54) is 80.9 Å². The van der Waals surface area contributed by atoms with Crippen LogP contribution in [-0.4, -0.2) is 19.9 Å². The first-order valence-corrected chi connectivity index (χ1v) is 17.9. The number of nitrogens with one attached hydrogen (secondary N) is 1. The van der Waals surface area contributed by atoms with Crippen molar-refractivity contribution < 1.29 is 0 Å². The topological polar surface area (TPSA) is 12.0 Å². The number of hydrogen-bond acceptors (Lipinski definition) is 1. The van der Waals surface area contributed by atoms with E-state index in [1.807, 2.05) is 47.6 Å². The van der Waals surface area contributed by atoms with Crippen molar-refractivity contribution in [1.82, 2.24) is 5.32 Å². The number of rotatable bonds is 11. The van der Waals surface area contributed by atoms with Crippen molar-refractivity contribution >= 4 is 7.28 Å². The Bertz CT molecular complexity index is 1060. The third-order valence-corrected chi connectivity index (χ3v) is 11.7. The first kappa shape index (κ1) is 42.0. The summed E-state index contributed by atoms with van der Waals surface area (Å²) in [5, 5.41) is 3.97. The van der Waals surface area contributed by atoms with Crippen LogP contribution in [0.15, 0.2) is 72.4 Å². The summed E-state index contributed by atoms with van der Waals surface area (Å²) in [7, 11) is 3.40. The number of allylic oxidation sites excluding steroid dienone is 7. The third kappa shape index (κ3) is 7.87. The van der Waals surface area contributed by atoms with Crippen LogP contribution in [0.3, 0.4) is 0 Å². The lowest BCUT2D eigenvalue weighted by atomic mass is 9.36. The first-order valence-electron chi connectivity index (χ1n) is 17.9. The van der Waals surface area contributed by atoms with E-state index < -0.39 is 0 Å². The maximum atomic E-state index is 4.65. The Balaban J connectivity index is 0.00000214. The summed E-state index contributed by atoms with van der Waals surface area (Å²) in [4.78, 5) is 0. The highest BCUT2D eigenvalue weighted by molar-refractivity contribution is 6.39. The molecule has 4 unspecified atom stereocenters. The highest BCUT2D eigenvalue weighted by Crippen LogP contribution is 2.83. The van der Waals surface area contributed by atoms with Gasteiger partial charge in [0.25, 0.3) is 0 Å². The van der Waals surface area contributed by atoms with Crippen LogP contribution in [-0.2, 0) is 0 Å². The highest BCUT2D eigenvalue weighted by Gasteiger charge is 2.76. The molecule has 3 fully saturated rings. The Morgan fingerprint density at radius 2 is 1.64 bits per heavy atom. The van der Waals surface area contributed by atoms with E-state index in [1.54, 1.807) is 5.57 Å². The zero-order valence-electron chi connectivity index (χ0n) is 31.5. The maximum absolute atomic E-state index is 4.65. The molecule has 0 aromatic carbocycles. The number of fused-ring (bicyclic) bond motifs is 2. The van der Waals surface area contributed by atoms with Gasteiger partial charge in [0, 0.05) is 5.54 Å². The molecule has 3 saturated carbocycles. The van der Waals surface area contributed by atoms with Gasteiger partial charge in [0.2, 0.25) is 0 Å². The maximum Gasteiger partial charge on any atom is 0.131 e. The molecule has 4 aliphatic rings. The van der Waals surface area contributed by atoms with E-state index in [4.69, 9.17) is 0 Å². The summed E-state index contributed by atoms with van der Waals surface area (Å²) in [6, 6.07) is 0. The summed E-state index contributed by atoms with van der Waals surface area (Å²) in [5.41, 5.74) is 7.97. The van der Waals surface area contributed by atoms with Crippen LogP contribution in [0.5, 0.6) is 0 Å². The predicted molar refractivity (Wildman–Crippen MR) is 205 cm³/mol. The Hall–Kier alpha value is -1.98. The van der Waals surface area contributed by atoms with E-state index in [-0.39, 0.29) is 5.54 Å². The number of likely N-dealkylation sites (N-methyl/N-ethyl adjacent to an activating group) is 1. The van der Waals surface area contributed by atoms with Gasteiger partial charge in [-0.15, -0.1) is 19.4 Å². The second-order valence-electron chi connectivity index (χ2n) is 13.6. The number of hydrogen-bond donors (Lipinski definition) is 1. The molecule has 0 heterocycles. The highest BCUT2D eigenvalue weighted by atomic mass is 15.0. The molecule has 7 atom stereocenters. The minimum atomic E-state index is 0.0308. The Kier molecular flexibility index (Phi) is 17.4. The van der Waals surface area contributed by atoms with Gasteiger partial charge in [0.05, 0.1) is 0 Å². The average molecular weight is 602 g/mol. The molecule has 0 aromatic heterocycles. The quantitative estimate of drug-likeness (QED) is 0.107. The molecule has 2 heteroatoms. The van der Waals surface area contributed by atoms with Crippen LogP contribution in [0, 0.1) is 40.9 Å². The molecule has 0 amide bonds. The minimum absolute atomic E-state index is 0.0308. The Morgan fingerprint density at radius 1 is 1.05 bits per heavy atom. The van der Waals surface area contributed by atoms with E-state index in [0.29, 0.717) is 28.0 Å². The van der Waals surface area contributed by atoms with Gasteiger partial charge in [-0.3, -0.25) is 0 Å². The molecule has 1 N–H and O–H groups in total. The van der Waals surface area contributed by atoms with Crippen LogP contribution >= 0.6 is 0 Å². The molecule has 0 saturated heterocycles. The Morgan fingerprint density at radius 3 is 2.07 bits per heavy atom. The molecule has 0 bridgehead atoms. The monoisotopic (exact) mass is 602 g/mol. The molecular weight excluding hydrogens is 529 g/mol. The van der Waals surface area contributed by atoms with Crippen molar-refractivity contribution in [3.8, 4) is 12.8 Å². The van der Waals surface area contributed by atoms with Gasteiger partial charge in [0.15, 0.2) is 0 Å². The molecule has 44 heavy (non-hydrogen) atoms. The van der Waals surface area contributed by atoms with Gasteiger partial charge in [-0.1, -0.05) is 121 Å². The smallest absolute Gasteiger partial charge is 0.131 e. The molecule has 248 valence electrons. The van der Waals surface area contributed by atoms with Gasteiger partial charge in [-0.2, -0.15) is 0 Å². The predicted octanol–water partition coefficient (Wildman–Crippen LogP) is 12.1. The van der Waals surface area contributed by atoms with E-state index >= 15 is 0 Å². The van der Waals surface area contributed by atoms with Crippen molar-refractivity contribution in [2.45, 2.75) is 145 Å². The molecule has 4 rings (SSSR count). The SMILES string of the molecule is C#C.C=C/C(=C\C)C(=C)CBC1CCC(C)=C[C@@]1(CC1C2(C(=C)C)CC2C[C@@]2(C)CC[C@@]12CC(=C)C)NC.CC.CC.CC. The zero-order valence-corrected chi connectivity index (χ0v) is 31.5. The normalized spacial score (nSPS) is 34.2. The average Bonchev–Trinajstić information content (AvgIpc) is 3.76. The molecule has 0 aliphatic heterocycles. The van der Waals surface area contributed by atoms with Gasteiger partial charge >= 0.3 is 0 Å². The van der Waals surface area contributed by atoms with Crippen LogP contribution < -0.4 is 5.32 Å². The van der Waals surface area contributed by atoms with Crippen molar-refractivity contribution in [3.05, 3.63) is 72.4 Å². The van der Waals surface area contributed by atoms with E-state index in [9.17, 15) is 0 Å². The lowest BCUT2D eigenvalue weighted by Gasteiger charge is -2.68. The fourth-order valence-electron chi connectivity index (χ4n) is 9.59.